The number of aromatic amines is 1. The Hall–Kier alpha value is -3.32. The first-order chi connectivity index (χ1) is 17.2. The number of aliphatic hydroxyl groups excluding tert-OH is 1. The van der Waals surface area contributed by atoms with Gasteiger partial charge in [-0.3, -0.25) is 4.79 Å². The van der Waals surface area contributed by atoms with Crippen LogP contribution in [0.1, 0.15) is 42.8 Å². The van der Waals surface area contributed by atoms with Crippen molar-refractivity contribution < 1.29 is 45.7 Å². The van der Waals surface area contributed by atoms with Gasteiger partial charge in [0.25, 0.3) is 0 Å². The summed E-state index contributed by atoms with van der Waals surface area (Å²) in [5.74, 6) is -3.11. The van der Waals surface area contributed by atoms with E-state index in [1.54, 1.807) is 0 Å². The number of nitrogens with zero attached hydrogens (tertiary/aromatic N) is 1. The molecule has 200 valence electrons. The van der Waals surface area contributed by atoms with E-state index in [4.69, 9.17) is 9.47 Å². The number of methoxy groups -OCH3 is 1. The largest absolute Gasteiger partial charge is 0.573 e. The molecule has 0 saturated carbocycles. The Morgan fingerprint density at radius 2 is 1.84 bits per heavy atom. The van der Waals surface area contributed by atoms with Crippen molar-refractivity contribution >= 4 is 11.0 Å². The number of nitrogens with one attached hydrogen (secondary N) is 1. The molecule has 0 radical (unpaired) electrons. The molecule has 4 rings (SSSR count). The van der Waals surface area contributed by atoms with E-state index in [1.807, 2.05) is 0 Å². The van der Waals surface area contributed by atoms with Crippen LogP contribution in [0.2, 0.25) is 0 Å². The van der Waals surface area contributed by atoms with Crippen molar-refractivity contribution in [1.29, 1.82) is 0 Å². The van der Waals surface area contributed by atoms with Crippen LogP contribution < -0.4 is 14.9 Å². The van der Waals surface area contributed by atoms with Crippen molar-refractivity contribution in [3.05, 3.63) is 63.6 Å². The quantitative estimate of drug-likeness (QED) is 0.443. The average Bonchev–Trinajstić information content (AvgIpc) is 3.09. The molecule has 1 aromatic carbocycles. The van der Waals surface area contributed by atoms with E-state index >= 15 is 0 Å². The van der Waals surface area contributed by atoms with Crippen molar-refractivity contribution in [2.24, 2.45) is 5.92 Å². The van der Waals surface area contributed by atoms with Crippen LogP contribution >= 0.6 is 0 Å². The molecule has 0 bridgehead atoms. The Morgan fingerprint density at radius 3 is 2.43 bits per heavy atom. The second-order valence-corrected chi connectivity index (χ2v) is 8.86. The Balaban J connectivity index is 1.88. The number of aliphatic hydroxyl groups is 1. The molecule has 0 spiro atoms. The number of alkyl halides is 6. The predicted molar refractivity (Wildman–Crippen MR) is 118 cm³/mol. The summed E-state index contributed by atoms with van der Waals surface area (Å²) in [5, 5.41) is 9.29. The van der Waals surface area contributed by atoms with Gasteiger partial charge in [-0.15, -0.1) is 13.2 Å². The molecule has 0 unspecified atom stereocenters. The summed E-state index contributed by atoms with van der Waals surface area (Å²) in [6, 6.07) is 7.06. The number of halogens is 6. The highest BCUT2D eigenvalue weighted by Gasteiger charge is 2.65. The lowest BCUT2D eigenvalue weighted by Gasteiger charge is -2.32. The lowest BCUT2D eigenvalue weighted by atomic mass is 9.76. The van der Waals surface area contributed by atoms with Crippen molar-refractivity contribution in [3.63, 3.8) is 0 Å². The summed E-state index contributed by atoms with van der Waals surface area (Å²) >= 11 is 0. The number of ether oxygens (including phenoxy) is 3. The summed E-state index contributed by atoms with van der Waals surface area (Å²) in [6.07, 6.45) is -11.2. The molecule has 37 heavy (non-hydrogen) atoms. The monoisotopic (exact) mass is 532 g/mol. The van der Waals surface area contributed by atoms with Gasteiger partial charge in [0.05, 0.1) is 24.9 Å². The minimum atomic E-state index is -4.98. The van der Waals surface area contributed by atoms with Gasteiger partial charge in [0, 0.05) is 35.2 Å². The van der Waals surface area contributed by atoms with Crippen LogP contribution in [0.3, 0.4) is 0 Å². The van der Waals surface area contributed by atoms with Crippen molar-refractivity contribution in [3.8, 4) is 11.5 Å². The predicted octanol–water partition coefficient (Wildman–Crippen LogP) is 5.13. The molecule has 1 saturated heterocycles. The highest BCUT2D eigenvalue weighted by Crippen LogP contribution is 2.59. The number of H-pyrrole nitrogens is 1. The Kier molecular flexibility index (Phi) is 6.65. The van der Waals surface area contributed by atoms with Crippen LogP contribution in [-0.2, 0) is 11.3 Å². The fourth-order valence-corrected chi connectivity index (χ4v) is 4.66. The van der Waals surface area contributed by atoms with Gasteiger partial charge in [-0.1, -0.05) is 13.0 Å². The number of hydrogen-bond donors (Lipinski definition) is 2. The molecule has 3 aromatic rings. The van der Waals surface area contributed by atoms with Crippen LogP contribution in [0.4, 0.5) is 26.3 Å². The normalized spacial score (nSPS) is 24.4. The van der Waals surface area contributed by atoms with Crippen LogP contribution in [0.5, 0.6) is 11.5 Å². The van der Waals surface area contributed by atoms with Gasteiger partial charge in [0.1, 0.15) is 23.1 Å². The first-order valence-electron chi connectivity index (χ1n) is 11.0. The second kappa shape index (κ2) is 9.21. The lowest BCUT2D eigenvalue weighted by molar-refractivity contribution is -0.275. The van der Waals surface area contributed by atoms with Crippen LogP contribution in [0.25, 0.3) is 11.0 Å². The summed E-state index contributed by atoms with van der Waals surface area (Å²) in [4.78, 5) is 19.8. The molecule has 2 N–H and O–H groups in total. The van der Waals surface area contributed by atoms with Gasteiger partial charge in [0.2, 0.25) is 5.43 Å². The molecule has 1 aliphatic rings. The smallest absolute Gasteiger partial charge is 0.496 e. The van der Waals surface area contributed by atoms with Gasteiger partial charge < -0.3 is 24.3 Å². The van der Waals surface area contributed by atoms with Gasteiger partial charge in [-0.05, 0) is 25.1 Å². The summed E-state index contributed by atoms with van der Waals surface area (Å²) < 4.78 is 95.5. The minimum absolute atomic E-state index is 0.0125. The van der Waals surface area contributed by atoms with Crippen LogP contribution in [0.15, 0.2) is 41.2 Å². The number of fused-ring (bicyclic) bond motifs is 1. The maximum absolute atomic E-state index is 14.2. The lowest BCUT2D eigenvalue weighted by Crippen LogP contribution is -2.46. The van der Waals surface area contributed by atoms with Crippen molar-refractivity contribution in [1.82, 2.24) is 9.97 Å². The summed E-state index contributed by atoms with van der Waals surface area (Å²) in [5.41, 5.74) is -2.73. The number of rotatable bonds is 5. The third kappa shape index (κ3) is 4.85. The zero-order valence-corrected chi connectivity index (χ0v) is 19.7. The first kappa shape index (κ1) is 26.7. The topological polar surface area (TPSA) is 93.7 Å². The molecule has 4 atom stereocenters. The van der Waals surface area contributed by atoms with Crippen LogP contribution in [-0.4, -0.2) is 40.3 Å². The molecular formula is C24H22F6N2O5. The number of aromatic nitrogens is 2. The summed E-state index contributed by atoms with van der Waals surface area (Å²) in [7, 11) is 1.16. The van der Waals surface area contributed by atoms with Crippen molar-refractivity contribution in [2.45, 2.75) is 50.6 Å². The zero-order valence-electron chi connectivity index (χ0n) is 19.7. The minimum Gasteiger partial charge on any atom is -0.496 e. The van der Waals surface area contributed by atoms with Crippen molar-refractivity contribution in [2.75, 3.05) is 7.11 Å². The Bertz CT molecular complexity index is 1370. The molecule has 3 heterocycles. The third-order valence-electron chi connectivity index (χ3n) is 6.69. The Morgan fingerprint density at radius 1 is 1.14 bits per heavy atom. The summed E-state index contributed by atoms with van der Waals surface area (Å²) in [6.45, 7) is 1.78. The van der Waals surface area contributed by atoms with Gasteiger partial charge in [0.15, 0.2) is 5.60 Å². The molecule has 7 nitrogen and oxygen atoms in total. The third-order valence-corrected chi connectivity index (χ3v) is 6.69. The molecule has 1 fully saturated rings. The number of hydrogen-bond acceptors (Lipinski definition) is 6. The van der Waals surface area contributed by atoms with E-state index in [0.29, 0.717) is 0 Å². The van der Waals surface area contributed by atoms with E-state index < -0.39 is 53.9 Å². The van der Waals surface area contributed by atoms with E-state index in [0.717, 1.165) is 32.2 Å². The Labute approximate surface area is 206 Å². The van der Waals surface area contributed by atoms with E-state index in [-0.39, 0.29) is 33.7 Å². The molecular weight excluding hydrogens is 510 g/mol. The SMILES string of the molecule is COc1cc(OC(F)(F)F)ccc1[C@H]1[C@H](c2cc(=O)c3nc(CO)ccc3[nH]2)O[C@@](C)(C(F)(F)F)[C@H]1C. The fourth-order valence-electron chi connectivity index (χ4n) is 4.66. The zero-order chi connectivity index (χ0) is 27.3. The highest BCUT2D eigenvalue weighted by molar-refractivity contribution is 5.74. The molecule has 13 heteroatoms. The highest BCUT2D eigenvalue weighted by atomic mass is 19.4. The van der Waals surface area contributed by atoms with Gasteiger partial charge in [-0.25, -0.2) is 4.98 Å². The first-order valence-corrected chi connectivity index (χ1v) is 11.0. The van der Waals surface area contributed by atoms with E-state index in [9.17, 15) is 36.2 Å². The maximum atomic E-state index is 14.2. The molecule has 0 amide bonds. The molecule has 2 aromatic heterocycles. The maximum Gasteiger partial charge on any atom is 0.573 e. The second-order valence-electron chi connectivity index (χ2n) is 8.86. The number of pyridine rings is 2. The van der Waals surface area contributed by atoms with E-state index in [1.165, 1.54) is 25.1 Å². The fraction of sp³-hybridized carbons (Fsp3) is 0.417. The van der Waals surface area contributed by atoms with Gasteiger partial charge in [-0.2, -0.15) is 13.2 Å². The van der Waals surface area contributed by atoms with E-state index in [2.05, 4.69) is 14.7 Å². The average molecular weight is 532 g/mol. The molecule has 1 aliphatic heterocycles. The van der Waals surface area contributed by atoms with Gasteiger partial charge >= 0.3 is 12.5 Å². The number of benzene rings is 1. The standard InChI is InChI=1S/C24H22F6N2O5/c1-11-19(14-6-5-13(8-18(14)35-3)36-24(28,29)30)21(37-22(11,2)23(25,26)27)16-9-17(34)20-15(32-16)7-4-12(10-33)31-20/h4-9,11,19,21,33H,10H2,1-3H3,(H,32,34)/t11-,19-,21-,22+/m0/s1. The van der Waals surface area contributed by atoms with Crippen LogP contribution in [0, 0.1) is 5.92 Å². The molecule has 0 aliphatic carbocycles.